The summed E-state index contributed by atoms with van der Waals surface area (Å²) in [4.78, 5) is 8.61. The summed E-state index contributed by atoms with van der Waals surface area (Å²) in [6, 6.07) is 2.00. The van der Waals surface area contributed by atoms with Crippen LogP contribution in [0.2, 0.25) is 0 Å². The van der Waals surface area contributed by atoms with Crippen LogP contribution in [0.15, 0.2) is 12.3 Å². The van der Waals surface area contributed by atoms with E-state index in [2.05, 4.69) is 42.8 Å². The van der Waals surface area contributed by atoms with Crippen molar-refractivity contribution in [3.63, 3.8) is 0 Å². The van der Waals surface area contributed by atoms with Crippen LogP contribution in [0.25, 0.3) is 5.78 Å². The van der Waals surface area contributed by atoms with Gasteiger partial charge in [0.15, 0.2) is 5.82 Å². The molecule has 2 aromatic heterocycles. The Morgan fingerprint density at radius 1 is 1.13 bits per heavy atom. The summed E-state index contributed by atoms with van der Waals surface area (Å²) in [5.74, 6) is 2.32. The smallest absolute Gasteiger partial charge is 0.220 e. The third-order valence-corrected chi connectivity index (χ3v) is 2.39. The summed E-state index contributed by atoms with van der Waals surface area (Å²) in [5.41, 5.74) is 1.15. The van der Waals surface area contributed by atoms with Crippen LogP contribution in [0.1, 0.15) is 51.0 Å². The number of aromatic nitrogens is 4. The SMILES string of the molecule is CC(C)c1nc2nccc(C(C)C)n2n1. The first-order valence-electron chi connectivity index (χ1n) is 5.31. The number of rotatable bonds is 2. The Hall–Kier alpha value is -1.45. The van der Waals surface area contributed by atoms with E-state index in [1.165, 1.54) is 0 Å². The fourth-order valence-electron chi connectivity index (χ4n) is 1.51. The van der Waals surface area contributed by atoms with E-state index in [0.717, 1.165) is 11.5 Å². The van der Waals surface area contributed by atoms with E-state index in [4.69, 9.17) is 0 Å². The first-order valence-corrected chi connectivity index (χ1v) is 5.31. The van der Waals surface area contributed by atoms with E-state index < -0.39 is 0 Å². The summed E-state index contributed by atoms with van der Waals surface area (Å²) >= 11 is 0. The van der Waals surface area contributed by atoms with E-state index >= 15 is 0 Å². The molecule has 0 bridgehead atoms. The predicted octanol–water partition coefficient (Wildman–Crippen LogP) is 2.37. The second kappa shape index (κ2) is 3.61. The Labute approximate surface area is 89.4 Å². The molecule has 0 saturated heterocycles. The molecule has 0 saturated carbocycles. The molecule has 0 N–H and O–H groups in total. The highest BCUT2D eigenvalue weighted by Crippen LogP contribution is 2.16. The van der Waals surface area contributed by atoms with Crippen molar-refractivity contribution in [2.24, 2.45) is 0 Å². The third-order valence-electron chi connectivity index (χ3n) is 2.39. The van der Waals surface area contributed by atoms with Gasteiger partial charge in [0.1, 0.15) is 0 Å². The van der Waals surface area contributed by atoms with Gasteiger partial charge in [-0.15, -0.1) is 5.10 Å². The molecule has 0 aliphatic carbocycles. The molecule has 0 amide bonds. The van der Waals surface area contributed by atoms with Gasteiger partial charge in [0.25, 0.3) is 5.78 Å². The van der Waals surface area contributed by atoms with E-state index in [0.29, 0.717) is 17.6 Å². The third kappa shape index (κ3) is 1.71. The van der Waals surface area contributed by atoms with Crippen molar-refractivity contribution in [1.82, 2.24) is 19.6 Å². The van der Waals surface area contributed by atoms with Crippen molar-refractivity contribution >= 4 is 5.78 Å². The van der Waals surface area contributed by atoms with Crippen molar-refractivity contribution < 1.29 is 0 Å². The van der Waals surface area contributed by atoms with E-state index in [1.54, 1.807) is 6.20 Å². The van der Waals surface area contributed by atoms with E-state index in [1.807, 2.05) is 10.6 Å². The highest BCUT2D eigenvalue weighted by molar-refractivity contribution is 5.30. The molecule has 0 spiro atoms. The average Bonchev–Trinajstić information content (AvgIpc) is 2.60. The maximum Gasteiger partial charge on any atom is 0.252 e. The van der Waals surface area contributed by atoms with Gasteiger partial charge in [-0.2, -0.15) is 4.98 Å². The van der Waals surface area contributed by atoms with Crippen LogP contribution < -0.4 is 0 Å². The summed E-state index contributed by atoms with van der Waals surface area (Å²) in [7, 11) is 0. The number of hydrogen-bond acceptors (Lipinski definition) is 3. The van der Waals surface area contributed by atoms with E-state index in [9.17, 15) is 0 Å². The lowest BCUT2D eigenvalue weighted by Crippen LogP contribution is -2.02. The van der Waals surface area contributed by atoms with Crippen LogP contribution in [0.4, 0.5) is 0 Å². The van der Waals surface area contributed by atoms with Gasteiger partial charge in [0.2, 0.25) is 0 Å². The first-order chi connectivity index (χ1) is 7.09. The van der Waals surface area contributed by atoms with Gasteiger partial charge in [-0.25, -0.2) is 9.50 Å². The lowest BCUT2D eigenvalue weighted by molar-refractivity contribution is 0.716. The molecule has 4 heteroatoms. The maximum absolute atomic E-state index is 4.48. The Morgan fingerprint density at radius 3 is 2.47 bits per heavy atom. The molecule has 15 heavy (non-hydrogen) atoms. The molecule has 80 valence electrons. The van der Waals surface area contributed by atoms with Crippen LogP contribution >= 0.6 is 0 Å². The van der Waals surface area contributed by atoms with Crippen molar-refractivity contribution in [3.8, 4) is 0 Å². The monoisotopic (exact) mass is 204 g/mol. The minimum atomic E-state index is 0.340. The molecular weight excluding hydrogens is 188 g/mol. The fourth-order valence-corrected chi connectivity index (χ4v) is 1.51. The molecule has 0 aliphatic rings. The van der Waals surface area contributed by atoms with Gasteiger partial charge in [-0.1, -0.05) is 27.7 Å². The van der Waals surface area contributed by atoms with Crippen molar-refractivity contribution in [1.29, 1.82) is 0 Å². The lowest BCUT2D eigenvalue weighted by Gasteiger charge is -2.05. The molecule has 2 heterocycles. The van der Waals surface area contributed by atoms with Crippen molar-refractivity contribution in [2.45, 2.75) is 39.5 Å². The van der Waals surface area contributed by atoms with Crippen LogP contribution in [0.3, 0.4) is 0 Å². The number of fused-ring (bicyclic) bond motifs is 1. The molecule has 0 unspecified atom stereocenters. The molecule has 2 rings (SSSR count). The largest absolute Gasteiger partial charge is 0.252 e. The fraction of sp³-hybridized carbons (Fsp3) is 0.545. The molecule has 0 aromatic carbocycles. The maximum atomic E-state index is 4.48. The number of nitrogens with zero attached hydrogens (tertiary/aromatic N) is 4. The van der Waals surface area contributed by atoms with Gasteiger partial charge >= 0.3 is 0 Å². The molecule has 0 atom stereocenters. The Bertz CT molecular complexity index is 470. The Balaban J connectivity index is 2.64. The zero-order valence-corrected chi connectivity index (χ0v) is 9.60. The lowest BCUT2D eigenvalue weighted by atomic mass is 10.1. The Kier molecular flexibility index (Phi) is 2.42. The Morgan fingerprint density at radius 2 is 1.87 bits per heavy atom. The summed E-state index contributed by atoms with van der Waals surface area (Å²) in [5, 5.41) is 4.48. The van der Waals surface area contributed by atoms with Gasteiger partial charge in [0, 0.05) is 12.1 Å². The van der Waals surface area contributed by atoms with Crippen LogP contribution in [0.5, 0.6) is 0 Å². The standard InChI is InChI=1S/C11H16N4/c1-7(2)9-5-6-12-11-13-10(8(3)4)14-15(9)11/h5-8H,1-4H3. The van der Waals surface area contributed by atoms with Gasteiger partial charge in [0.05, 0.1) is 5.69 Å². The quantitative estimate of drug-likeness (QED) is 0.754. The highest BCUT2D eigenvalue weighted by Gasteiger charge is 2.12. The number of hydrogen-bond donors (Lipinski definition) is 0. The molecule has 0 radical (unpaired) electrons. The second-order valence-electron chi connectivity index (χ2n) is 4.36. The molecule has 0 fully saturated rings. The zero-order chi connectivity index (χ0) is 11.0. The summed E-state index contributed by atoms with van der Waals surface area (Å²) in [6.45, 7) is 8.46. The van der Waals surface area contributed by atoms with E-state index in [-0.39, 0.29) is 0 Å². The van der Waals surface area contributed by atoms with Crippen molar-refractivity contribution in [2.75, 3.05) is 0 Å². The van der Waals surface area contributed by atoms with Crippen molar-refractivity contribution in [3.05, 3.63) is 23.8 Å². The minimum absolute atomic E-state index is 0.340. The molecular formula is C11H16N4. The van der Waals surface area contributed by atoms with Crippen LogP contribution in [-0.2, 0) is 0 Å². The van der Waals surface area contributed by atoms with Crippen LogP contribution in [0, 0.1) is 0 Å². The summed E-state index contributed by atoms with van der Waals surface area (Å²) in [6.07, 6.45) is 1.80. The highest BCUT2D eigenvalue weighted by atomic mass is 15.3. The first kappa shape index (κ1) is 10.1. The predicted molar refractivity (Wildman–Crippen MR) is 59.0 cm³/mol. The second-order valence-corrected chi connectivity index (χ2v) is 4.36. The van der Waals surface area contributed by atoms with Gasteiger partial charge < -0.3 is 0 Å². The molecule has 4 nitrogen and oxygen atoms in total. The molecule has 0 aliphatic heterocycles. The summed E-state index contributed by atoms with van der Waals surface area (Å²) < 4.78 is 1.85. The molecule has 2 aromatic rings. The van der Waals surface area contributed by atoms with Gasteiger partial charge in [-0.05, 0) is 12.0 Å². The normalized spacial score (nSPS) is 11.9. The zero-order valence-electron chi connectivity index (χ0n) is 9.60. The minimum Gasteiger partial charge on any atom is -0.220 e. The topological polar surface area (TPSA) is 43.1 Å². The van der Waals surface area contributed by atoms with Gasteiger partial charge in [-0.3, -0.25) is 0 Å². The average molecular weight is 204 g/mol. The van der Waals surface area contributed by atoms with Crippen LogP contribution in [-0.4, -0.2) is 19.6 Å².